The first-order valence-corrected chi connectivity index (χ1v) is 10.8. The number of likely N-dealkylation sites (tertiary alicyclic amines) is 1. The molecule has 152 valence electrons. The number of carbonyl (C=O) groups excluding carboxylic acids is 1. The standard InChI is InChI=1S/C23H32N2O3/c26-23(25-13-15-27-16-14-25)20-7-4-8-22(17-20)28-21-9-11-24(12-10-21)18-19-5-2-1-3-6-19/h1-2,4,7-8,17,19,21H,3,5-6,9-16,18H2. The number of ether oxygens (including phenoxy) is 2. The lowest BCUT2D eigenvalue weighted by Gasteiger charge is -2.34. The van der Waals surface area contributed by atoms with Crippen molar-refractivity contribution in [2.75, 3.05) is 45.9 Å². The van der Waals surface area contributed by atoms with E-state index < -0.39 is 0 Å². The van der Waals surface area contributed by atoms with Crippen molar-refractivity contribution in [3.63, 3.8) is 0 Å². The van der Waals surface area contributed by atoms with E-state index in [2.05, 4.69) is 17.1 Å². The molecule has 1 aromatic rings. The van der Waals surface area contributed by atoms with Gasteiger partial charge in [0.1, 0.15) is 11.9 Å². The van der Waals surface area contributed by atoms with E-state index in [0.717, 1.165) is 37.6 Å². The lowest BCUT2D eigenvalue weighted by molar-refractivity contribution is 0.0302. The van der Waals surface area contributed by atoms with Gasteiger partial charge in [-0.2, -0.15) is 0 Å². The Balaban J connectivity index is 1.27. The Morgan fingerprint density at radius 3 is 2.64 bits per heavy atom. The van der Waals surface area contributed by atoms with E-state index in [1.54, 1.807) is 0 Å². The summed E-state index contributed by atoms with van der Waals surface area (Å²) in [6, 6.07) is 7.68. The van der Waals surface area contributed by atoms with Crippen LogP contribution in [0.1, 0.15) is 42.5 Å². The highest BCUT2D eigenvalue weighted by molar-refractivity contribution is 5.94. The van der Waals surface area contributed by atoms with Gasteiger partial charge in [0.2, 0.25) is 0 Å². The highest BCUT2D eigenvalue weighted by Crippen LogP contribution is 2.24. The Morgan fingerprint density at radius 1 is 1.07 bits per heavy atom. The Morgan fingerprint density at radius 2 is 1.89 bits per heavy atom. The maximum atomic E-state index is 12.7. The number of hydrogen-bond donors (Lipinski definition) is 0. The van der Waals surface area contributed by atoms with Crippen molar-refractivity contribution in [1.29, 1.82) is 0 Å². The topological polar surface area (TPSA) is 42.0 Å². The maximum absolute atomic E-state index is 12.7. The lowest BCUT2D eigenvalue weighted by Crippen LogP contribution is -2.41. The van der Waals surface area contributed by atoms with Gasteiger partial charge in [0.15, 0.2) is 0 Å². The molecule has 1 unspecified atom stereocenters. The SMILES string of the molecule is O=C(c1cccc(OC2CCN(CC3CC=CCC3)CC2)c1)N1CCOCC1. The molecule has 2 fully saturated rings. The molecule has 2 heterocycles. The molecule has 1 aliphatic carbocycles. The first kappa shape index (κ1) is 19.5. The van der Waals surface area contributed by atoms with Gasteiger partial charge in [-0.05, 0) is 56.2 Å². The van der Waals surface area contributed by atoms with Gasteiger partial charge in [0, 0.05) is 38.3 Å². The highest BCUT2D eigenvalue weighted by atomic mass is 16.5. The number of piperidine rings is 1. The molecule has 0 saturated carbocycles. The molecule has 0 radical (unpaired) electrons. The van der Waals surface area contributed by atoms with Crippen LogP contribution in [0.2, 0.25) is 0 Å². The molecule has 28 heavy (non-hydrogen) atoms. The number of hydrogen-bond acceptors (Lipinski definition) is 4. The van der Waals surface area contributed by atoms with Gasteiger partial charge < -0.3 is 19.3 Å². The summed E-state index contributed by atoms with van der Waals surface area (Å²) >= 11 is 0. The second-order valence-corrected chi connectivity index (χ2v) is 8.20. The summed E-state index contributed by atoms with van der Waals surface area (Å²) < 4.78 is 11.6. The Labute approximate surface area is 168 Å². The molecule has 2 saturated heterocycles. The van der Waals surface area contributed by atoms with Crippen LogP contribution in [0.15, 0.2) is 36.4 Å². The van der Waals surface area contributed by atoms with E-state index in [0.29, 0.717) is 31.9 Å². The van der Waals surface area contributed by atoms with Crippen molar-refractivity contribution in [2.45, 2.75) is 38.2 Å². The monoisotopic (exact) mass is 384 g/mol. The highest BCUT2D eigenvalue weighted by Gasteiger charge is 2.24. The summed E-state index contributed by atoms with van der Waals surface area (Å²) in [5.41, 5.74) is 0.710. The number of benzene rings is 1. The molecular weight excluding hydrogens is 352 g/mol. The number of nitrogens with zero attached hydrogens (tertiary/aromatic N) is 2. The summed E-state index contributed by atoms with van der Waals surface area (Å²) in [5.74, 6) is 1.71. The summed E-state index contributed by atoms with van der Waals surface area (Å²) in [7, 11) is 0. The molecule has 0 N–H and O–H groups in total. The van der Waals surface area contributed by atoms with Gasteiger partial charge in [-0.15, -0.1) is 0 Å². The molecule has 1 aromatic carbocycles. The second-order valence-electron chi connectivity index (χ2n) is 8.20. The smallest absolute Gasteiger partial charge is 0.254 e. The first-order valence-electron chi connectivity index (χ1n) is 10.8. The average Bonchev–Trinajstić information content (AvgIpc) is 2.76. The van der Waals surface area contributed by atoms with Crippen molar-refractivity contribution >= 4 is 5.91 Å². The minimum absolute atomic E-state index is 0.0742. The van der Waals surface area contributed by atoms with Crippen LogP contribution in [-0.2, 0) is 4.74 Å². The van der Waals surface area contributed by atoms with Crippen LogP contribution in [0, 0.1) is 5.92 Å². The third kappa shape index (κ3) is 5.15. The van der Waals surface area contributed by atoms with Crippen molar-refractivity contribution in [3.8, 4) is 5.75 Å². The zero-order valence-electron chi connectivity index (χ0n) is 16.7. The normalized spacial score (nSPS) is 24.3. The number of morpholine rings is 1. The fourth-order valence-corrected chi connectivity index (χ4v) is 4.44. The van der Waals surface area contributed by atoms with Gasteiger partial charge in [-0.3, -0.25) is 4.79 Å². The Hall–Kier alpha value is -1.85. The Bertz CT molecular complexity index is 676. The van der Waals surface area contributed by atoms with Gasteiger partial charge in [-0.25, -0.2) is 0 Å². The molecule has 4 rings (SSSR count). The van der Waals surface area contributed by atoms with Crippen molar-refractivity contribution < 1.29 is 14.3 Å². The van der Waals surface area contributed by atoms with Crippen molar-refractivity contribution in [1.82, 2.24) is 9.80 Å². The molecule has 2 aliphatic heterocycles. The molecule has 1 atom stereocenters. The van der Waals surface area contributed by atoms with Crippen LogP contribution in [0.5, 0.6) is 5.75 Å². The van der Waals surface area contributed by atoms with E-state index in [4.69, 9.17) is 9.47 Å². The quantitative estimate of drug-likeness (QED) is 0.730. The third-order valence-corrected chi connectivity index (χ3v) is 6.11. The summed E-state index contributed by atoms with van der Waals surface area (Å²) in [4.78, 5) is 17.1. The average molecular weight is 385 g/mol. The first-order chi connectivity index (χ1) is 13.8. The summed E-state index contributed by atoms with van der Waals surface area (Å²) in [5, 5.41) is 0. The number of rotatable bonds is 5. The fourth-order valence-electron chi connectivity index (χ4n) is 4.44. The van der Waals surface area contributed by atoms with Gasteiger partial charge in [-0.1, -0.05) is 18.2 Å². The molecular formula is C23H32N2O3. The van der Waals surface area contributed by atoms with E-state index in [1.165, 1.54) is 25.8 Å². The minimum atomic E-state index is 0.0742. The Kier molecular flexibility index (Phi) is 6.65. The van der Waals surface area contributed by atoms with Crippen molar-refractivity contribution in [2.24, 2.45) is 5.92 Å². The van der Waals surface area contributed by atoms with Crippen LogP contribution in [0.3, 0.4) is 0 Å². The van der Waals surface area contributed by atoms with E-state index in [1.807, 2.05) is 29.2 Å². The zero-order valence-corrected chi connectivity index (χ0v) is 16.7. The molecule has 3 aliphatic rings. The lowest BCUT2D eigenvalue weighted by atomic mass is 9.93. The molecule has 5 nitrogen and oxygen atoms in total. The summed E-state index contributed by atoms with van der Waals surface area (Å²) in [6.45, 7) is 6.02. The molecule has 1 amide bonds. The predicted octanol–water partition coefficient (Wildman–Crippen LogP) is 3.36. The zero-order chi connectivity index (χ0) is 19.2. The number of allylic oxidation sites excluding steroid dienone is 2. The third-order valence-electron chi connectivity index (χ3n) is 6.11. The minimum Gasteiger partial charge on any atom is -0.490 e. The fraction of sp³-hybridized carbons (Fsp3) is 0.609. The van der Waals surface area contributed by atoms with Gasteiger partial charge in [0.05, 0.1) is 13.2 Å². The number of amides is 1. The van der Waals surface area contributed by atoms with Gasteiger partial charge in [0.25, 0.3) is 5.91 Å². The van der Waals surface area contributed by atoms with Crippen LogP contribution in [0.4, 0.5) is 0 Å². The second kappa shape index (κ2) is 9.57. The van der Waals surface area contributed by atoms with E-state index >= 15 is 0 Å². The molecule has 0 spiro atoms. The number of carbonyl (C=O) groups is 1. The van der Waals surface area contributed by atoms with E-state index in [9.17, 15) is 4.79 Å². The van der Waals surface area contributed by atoms with Crippen LogP contribution < -0.4 is 4.74 Å². The van der Waals surface area contributed by atoms with Crippen molar-refractivity contribution in [3.05, 3.63) is 42.0 Å². The van der Waals surface area contributed by atoms with Crippen LogP contribution in [0.25, 0.3) is 0 Å². The van der Waals surface area contributed by atoms with Crippen LogP contribution in [-0.4, -0.2) is 67.7 Å². The maximum Gasteiger partial charge on any atom is 0.254 e. The van der Waals surface area contributed by atoms with E-state index in [-0.39, 0.29) is 12.0 Å². The summed E-state index contributed by atoms with van der Waals surface area (Å²) in [6.07, 6.45) is 10.8. The van der Waals surface area contributed by atoms with Crippen LogP contribution >= 0.6 is 0 Å². The van der Waals surface area contributed by atoms with Gasteiger partial charge >= 0.3 is 0 Å². The predicted molar refractivity (Wildman–Crippen MR) is 110 cm³/mol. The largest absolute Gasteiger partial charge is 0.490 e. The molecule has 0 bridgehead atoms. The molecule has 5 heteroatoms. The molecule has 0 aromatic heterocycles.